The van der Waals surface area contributed by atoms with Gasteiger partial charge >= 0.3 is 0 Å². The Morgan fingerprint density at radius 2 is 2.05 bits per heavy atom. The summed E-state index contributed by atoms with van der Waals surface area (Å²) in [7, 11) is 0. The van der Waals surface area contributed by atoms with Crippen molar-refractivity contribution in [3.05, 3.63) is 29.2 Å². The van der Waals surface area contributed by atoms with Crippen LogP contribution >= 0.6 is 0 Å². The molecule has 1 saturated heterocycles. The third-order valence-corrected chi connectivity index (χ3v) is 3.48. The fraction of sp³-hybridized carbons (Fsp3) is 0.538. The molecular weight excluding hydrogens is 246 g/mol. The van der Waals surface area contributed by atoms with Crippen molar-refractivity contribution in [3.8, 4) is 5.75 Å². The van der Waals surface area contributed by atoms with Crippen LogP contribution in [-0.2, 0) is 4.74 Å². The lowest BCUT2D eigenvalue weighted by atomic mass is 10.2. The van der Waals surface area contributed by atoms with E-state index in [1.807, 2.05) is 24.3 Å². The average molecular weight is 263 g/mol. The zero-order chi connectivity index (χ0) is 13.1. The first-order valence-electron chi connectivity index (χ1n) is 6.53. The van der Waals surface area contributed by atoms with E-state index in [9.17, 15) is 4.91 Å². The van der Waals surface area contributed by atoms with Crippen LogP contribution in [0.15, 0.2) is 29.6 Å². The molecule has 6 heteroatoms. The predicted molar refractivity (Wildman–Crippen MR) is 71.3 cm³/mol. The van der Waals surface area contributed by atoms with E-state index in [0.29, 0.717) is 6.54 Å². The van der Waals surface area contributed by atoms with Gasteiger partial charge in [0.2, 0.25) is 0 Å². The molecule has 0 amide bonds. The Morgan fingerprint density at radius 3 is 2.84 bits per heavy atom. The summed E-state index contributed by atoms with van der Waals surface area (Å²) >= 11 is 0. The van der Waals surface area contributed by atoms with Crippen LogP contribution in [0.5, 0.6) is 5.75 Å². The fourth-order valence-electron chi connectivity index (χ4n) is 2.52. The maximum absolute atomic E-state index is 10.9. The van der Waals surface area contributed by atoms with Gasteiger partial charge in [-0.2, -0.15) is 0 Å². The number of nitrogens with zero attached hydrogens (tertiary/aromatic N) is 3. The quantitative estimate of drug-likeness (QED) is 0.769. The molecule has 1 aromatic rings. The molecule has 0 aromatic heterocycles. The molecule has 1 unspecified atom stereocenters. The van der Waals surface area contributed by atoms with Crippen LogP contribution in [0.3, 0.4) is 0 Å². The topological polar surface area (TPSA) is 54.4 Å². The van der Waals surface area contributed by atoms with Crippen LogP contribution in [0.2, 0.25) is 0 Å². The molecular formula is C13H17N3O3. The maximum Gasteiger partial charge on any atom is 0.145 e. The molecule has 1 atom stereocenters. The zero-order valence-corrected chi connectivity index (χ0v) is 10.7. The number of hydrogen-bond acceptors (Lipinski definition) is 5. The van der Waals surface area contributed by atoms with Crippen LogP contribution < -0.4 is 9.75 Å². The lowest BCUT2D eigenvalue weighted by Crippen LogP contribution is -2.47. The molecule has 6 nitrogen and oxygen atoms in total. The lowest BCUT2D eigenvalue weighted by Gasteiger charge is -2.35. The van der Waals surface area contributed by atoms with E-state index < -0.39 is 0 Å². The van der Waals surface area contributed by atoms with Gasteiger partial charge < -0.3 is 9.47 Å². The van der Waals surface area contributed by atoms with Gasteiger partial charge in [-0.1, -0.05) is 12.1 Å². The highest BCUT2D eigenvalue weighted by atomic mass is 16.5. The molecule has 2 heterocycles. The van der Waals surface area contributed by atoms with Crippen molar-refractivity contribution in [2.75, 3.05) is 44.4 Å². The Kier molecular flexibility index (Phi) is 3.61. The standard InChI is InChI=1S/C13H17N3O3/c17-14-16-10-11(9-15-5-7-18-8-6-15)19-13-4-2-1-3-12(13)16/h1-4,11H,5-10H2. The van der Waals surface area contributed by atoms with Gasteiger partial charge in [0, 0.05) is 19.6 Å². The summed E-state index contributed by atoms with van der Waals surface area (Å²) in [5.74, 6) is 0.728. The van der Waals surface area contributed by atoms with Crippen molar-refractivity contribution in [1.82, 2.24) is 4.90 Å². The van der Waals surface area contributed by atoms with E-state index in [4.69, 9.17) is 9.47 Å². The largest absolute Gasteiger partial charge is 0.485 e. The Morgan fingerprint density at radius 1 is 1.26 bits per heavy atom. The molecule has 0 spiro atoms. The molecule has 1 aromatic carbocycles. The van der Waals surface area contributed by atoms with Crippen molar-refractivity contribution in [2.45, 2.75) is 6.10 Å². The van der Waals surface area contributed by atoms with Gasteiger partial charge in [0.25, 0.3) is 0 Å². The van der Waals surface area contributed by atoms with E-state index in [-0.39, 0.29) is 6.10 Å². The number of fused-ring (bicyclic) bond motifs is 1. The second-order valence-electron chi connectivity index (χ2n) is 4.78. The van der Waals surface area contributed by atoms with Gasteiger partial charge in [0.1, 0.15) is 17.5 Å². The number of ether oxygens (including phenoxy) is 2. The molecule has 0 radical (unpaired) electrons. The van der Waals surface area contributed by atoms with Gasteiger partial charge in [-0.3, -0.25) is 4.90 Å². The first-order valence-corrected chi connectivity index (χ1v) is 6.53. The SMILES string of the molecule is O=NN1CC(CN2CCOCC2)Oc2ccccc21. The van der Waals surface area contributed by atoms with Gasteiger partial charge in [0.15, 0.2) is 0 Å². The molecule has 102 valence electrons. The third kappa shape index (κ3) is 2.69. The van der Waals surface area contributed by atoms with Gasteiger partial charge in [-0.05, 0) is 12.1 Å². The molecule has 2 aliphatic rings. The van der Waals surface area contributed by atoms with Gasteiger partial charge in [-0.15, -0.1) is 4.91 Å². The first kappa shape index (κ1) is 12.4. The third-order valence-electron chi connectivity index (χ3n) is 3.48. The summed E-state index contributed by atoms with van der Waals surface area (Å²) in [5, 5.41) is 4.57. The van der Waals surface area contributed by atoms with Crippen molar-refractivity contribution in [1.29, 1.82) is 0 Å². The smallest absolute Gasteiger partial charge is 0.145 e. The predicted octanol–water partition coefficient (Wildman–Crippen LogP) is 1.27. The molecule has 3 rings (SSSR count). The number of morpholine rings is 1. The molecule has 0 bridgehead atoms. The summed E-state index contributed by atoms with van der Waals surface area (Å²) in [6.07, 6.45) is -0.0364. The van der Waals surface area contributed by atoms with E-state index in [1.165, 1.54) is 5.01 Å². The van der Waals surface area contributed by atoms with Crippen molar-refractivity contribution in [3.63, 3.8) is 0 Å². The van der Waals surface area contributed by atoms with Crippen LogP contribution in [-0.4, -0.2) is 50.4 Å². The van der Waals surface area contributed by atoms with Crippen molar-refractivity contribution >= 4 is 5.69 Å². The van der Waals surface area contributed by atoms with E-state index in [1.54, 1.807) is 0 Å². The zero-order valence-electron chi connectivity index (χ0n) is 10.7. The number of nitroso groups, excluding NO2 is 1. The minimum atomic E-state index is -0.0364. The molecule has 0 aliphatic carbocycles. The Labute approximate surface area is 111 Å². The second-order valence-corrected chi connectivity index (χ2v) is 4.78. The highest BCUT2D eigenvalue weighted by Crippen LogP contribution is 2.33. The van der Waals surface area contributed by atoms with Crippen molar-refractivity contribution < 1.29 is 9.47 Å². The Bertz CT molecular complexity index is 449. The number of para-hydroxylation sites is 2. The average Bonchev–Trinajstić information content (AvgIpc) is 2.47. The number of anilines is 1. The summed E-state index contributed by atoms with van der Waals surface area (Å²) < 4.78 is 11.3. The highest BCUT2D eigenvalue weighted by Gasteiger charge is 2.28. The van der Waals surface area contributed by atoms with E-state index in [0.717, 1.165) is 44.3 Å². The minimum absolute atomic E-state index is 0.0364. The van der Waals surface area contributed by atoms with Gasteiger partial charge in [0.05, 0.1) is 25.0 Å². The molecule has 0 N–H and O–H groups in total. The lowest BCUT2D eigenvalue weighted by molar-refractivity contribution is 0.0190. The Hall–Kier alpha value is -1.66. The summed E-state index contributed by atoms with van der Waals surface area (Å²) in [4.78, 5) is 13.2. The summed E-state index contributed by atoms with van der Waals surface area (Å²) in [5.41, 5.74) is 0.746. The van der Waals surface area contributed by atoms with Crippen molar-refractivity contribution in [2.24, 2.45) is 5.29 Å². The number of benzene rings is 1. The fourth-order valence-corrected chi connectivity index (χ4v) is 2.52. The van der Waals surface area contributed by atoms with E-state index >= 15 is 0 Å². The first-order chi connectivity index (χ1) is 9.36. The van der Waals surface area contributed by atoms with Crippen LogP contribution in [0, 0.1) is 4.91 Å². The van der Waals surface area contributed by atoms with Crippen LogP contribution in [0.1, 0.15) is 0 Å². The molecule has 2 aliphatic heterocycles. The van der Waals surface area contributed by atoms with Crippen LogP contribution in [0.25, 0.3) is 0 Å². The Balaban J connectivity index is 1.70. The minimum Gasteiger partial charge on any atom is -0.485 e. The van der Waals surface area contributed by atoms with Crippen LogP contribution in [0.4, 0.5) is 5.69 Å². The monoisotopic (exact) mass is 263 g/mol. The molecule has 0 saturated carbocycles. The molecule has 1 fully saturated rings. The number of hydrogen-bond donors (Lipinski definition) is 0. The normalized spacial score (nSPS) is 23.6. The second kappa shape index (κ2) is 5.54. The van der Waals surface area contributed by atoms with E-state index in [2.05, 4.69) is 10.2 Å². The summed E-state index contributed by atoms with van der Waals surface area (Å²) in [6, 6.07) is 7.50. The number of rotatable bonds is 3. The van der Waals surface area contributed by atoms with Gasteiger partial charge in [-0.25, -0.2) is 5.01 Å². The highest BCUT2D eigenvalue weighted by molar-refractivity contribution is 5.59. The summed E-state index contributed by atoms with van der Waals surface area (Å²) in [6.45, 7) is 4.64. The maximum atomic E-state index is 10.9. The molecule has 19 heavy (non-hydrogen) atoms.